The first-order chi connectivity index (χ1) is 11.9. The molecule has 0 saturated carbocycles. The molecular formula is C18H15BrF3N2OS-. The maximum absolute atomic E-state index is 12.8. The molecule has 3 aromatic rings. The predicted octanol–water partition coefficient (Wildman–Crippen LogP) is 2.89. The molecule has 1 heterocycles. The van der Waals surface area contributed by atoms with E-state index in [1.54, 1.807) is 13.2 Å². The molecule has 0 aliphatic heterocycles. The number of thiazole rings is 1. The first-order valence-electron chi connectivity index (χ1n) is 7.43. The van der Waals surface area contributed by atoms with Crippen molar-refractivity contribution in [2.45, 2.75) is 13.1 Å². The second-order valence-electron chi connectivity index (χ2n) is 5.36. The van der Waals surface area contributed by atoms with Crippen LogP contribution in [0.25, 0.3) is 11.3 Å². The van der Waals surface area contributed by atoms with Crippen LogP contribution in [0.2, 0.25) is 0 Å². The summed E-state index contributed by atoms with van der Waals surface area (Å²) in [5.74, 6) is 0.749. The third-order valence-electron chi connectivity index (χ3n) is 3.60. The van der Waals surface area contributed by atoms with Gasteiger partial charge in [0.05, 0.1) is 18.4 Å². The van der Waals surface area contributed by atoms with Gasteiger partial charge in [-0.05, 0) is 49.4 Å². The molecule has 0 atom stereocenters. The summed E-state index contributed by atoms with van der Waals surface area (Å²) < 4.78 is 43.6. The van der Waals surface area contributed by atoms with Gasteiger partial charge in [0.2, 0.25) is 0 Å². The Labute approximate surface area is 163 Å². The summed E-state index contributed by atoms with van der Waals surface area (Å²) in [6.07, 6.45) is -4.37. The highest BCUT2D eigenvalue weighted by atomic mass is 79.9. The molecule has 0 saturated heterocycles. The maximum atomic E-state index is 12.8. The Hall–Kier alpha value is -2.06. The first kappa shape index (κ1) is 20.3. The van der Waals surface area contributed by atoms with E-state index in [0.29, 0.717) is 10.8 Å². The molecule has 0 fully saturated rings. The highest BCUT2D eigenvalue weighted by molar-refractivity contribution is 7.16. The Bertz CT molecular complexity index is 879. The summed E-state index contributed by atoms with van der Waals surface area (Å²) in [7, 11) is 1.60. The van der Waals surface area contributed by atoms with Gasteiger partial charge < -0.3 is 27.0 Å². The number of methoxy groups -OCH3 is 1. The number of hydrogen-bond acceptors (Lipinski definition) is 4. The normalized spacial score (nSPS) is 11.0. The number of anilines is 2. The van der Waals surface area contributed by atoms with Crippen LogP contribution in [0, 0.1) is 6.92 Å². The molecule has 1 N–H and O–H groups in total. The average molecular weight is 444 g/mol. The summed E-state index contributed by atoms with van der Waals surface area (Å²) in [5, 5.41) is 3.50. The van der Waals surface area contributed by atoms with E-state index in [2.05, 4.69) is 10.3 Å². The summed E-state index contributed by atoms with van der Waals surface area (Å²) in [4.78, 5) is 5.48. The van der Waals surface area contributed by atoms with Crippen LogP contribution < -0.4 is 27.0 Å². The number of rotatable bonds is 4. The fourth-order valence-corrected chi connectivity index (χ4v) is 3.22. The van der Waals surface area contributed by atoms with Gasteiger partial charge in [-0.2, -0.15) is 13.2 Å². The molecule has 0 aliphatic rings. The Morgan fingerprint density at radius 2 is 1.77 bits per heavy atom. The Morgan fingerprint density at radius 1 is 1.08 bits per heavy atom. The van der Waals surface area contributed by atoms with Crippen LogP contribution in [0.5, 0.6) is 5.75 Å². The van der Waals surface area contributed by atoms with Gasteiger partial charge in [-0.3, -0.25) is 0 Å². The van der Waals surface area contributed by atoms with E-state index in [9.17, 15) is 13.2 Å². The molecule has 26 heavy (non-hydrogen) atoms. The number of hydrogen-bond donors (Lipinski definition) is 1. The topological polar surface area (TPSA) is 34.1 Å². The zero-order chi connectivity index (χ0) is 18.0. The average Bonchev–Trinajstić information content (AvgIpc) is 2.95. The first-order valence-corrected chi connectivity index (χ1v) is 8.24. The van der Waals surface area contributed by atoms with Crippen molar-refractivity contribution in [3.8, 4) is 17.0 Å². The van der Waals surface area contributed by atoms with Crippen LogP contribution in [0.15, 0.2) is 48.5 Å². The van der Waals surface area contributed by atoms with Crippen molar-refractivity contribution >= 4 is 22.2 Å². The molecule has 138 valence electrons. The number of halogens is 4. The third-order valence-corrected chi connectivity index (χ3v) is 4.49. The smallest absolute Gasteiger partial charge is 0.416 e. The number of ether oxygens (including phenoxy) is 1. The van der Waals surface area contributed by atoms with E-state index in [4.69, 9.17) is 4.74 Å². The zero-order valence-corrected chi connectivity index (χ0v) is 16.3. The van der Waals surface area contributed by atoms with E-state index in [0.717, 1.165) is 34.0 Å². The van der Waals surface area contributed by atoms with Crippen molar-refractivity contribution in [2.24, 2.45) is 0 Å². The quantitative estimate of drug-likeness (QED) is 0.672. The van der Waals surface area contributed by atoms with Gasteiger partial charge in [0.25, 0.3) is 0 Å². The van der Waals surface area contributed by atoms with E-state index in [1.807, 2.05) is 31.2 Å². The standard InChI is InChI=1S/C18H15F3N2OS.BrH/c1-11-16(12-6-8-15(24-2)9-7-12)23-17(25-11)22-14-5-3-4-13(10-14)18(19,20)21;/h3-10H,1-2H3,(H,22,23);1H/p-1. The Morgan fingerprint density at radius 3 is 2.38 bits per heavy atom. The molecule has 0 unspecified atom stereocenters. The molecule has 3 rings (SSSR count). The van der Waals surface area contributed by atoms with Crippen molar-refractivity contribution in [3.63, 3.8) is 0 Å². The number of aryl methyl sites for hydroxylation is 1. The number of benzene rings is 2. The molecule has 0 aliphatic carbocycles. The van der Waals surface area contributed by atoms with Crippen LogP contribution in [0.3, 0.4) is 0 Å². The maximum Gasteiger partial charge on any atom is 0.416 e. The van der Waals surface area contributed by atoms with Crippen LogP contribution in [-0.4, -0.2) is 12.1 Å². The van der Waals surface area contributed by atoms with E-state index >= 15 is 0 Å². The van der Waals surface area contributed by atoms with Gasteiger partial charge in [-0.1, -0.05) is 6.07 Å². The minimum absolute atomic E-state index is 0. The molecule has 8 heteroatoms. The van der Waals surface area contributed by atoms with Crippen LogP contribution >= 0.6 is 11.3 Å². The van der Waals surface area contributed by atoms with Crippen molar-refractivity contribution in [2.75, 3.05) is 12.4 Å². The van der Waals surface area contributed by atoms with Crippen LogP contribution in [0.4, 0.5) is 24.0 Å². The SMILES string of the molecule is COc1ccc(-c2nc(Nc3cccc(C(F)(F)F)c3)sc2C)cc1.[Br-]. The van der Waals surface area contributed by atoms with Gasteiger partial charge in [-0.15, -0.1) is 11.3 Å². The van der Waals surface area contributed by atoms with Crippen molar-refractivity contribution < 1.29 is 34.9 Å². The van der Waals surface area contributed by atoms with Gasteiger partial charge in [-0.25, -0.2) is 4.98 Å². The molecule has 0 radical (unpaired) electrons. The fraction of sp³-hybridized carbons (Fsp3) is 0.167. The summed E-state index contributed by atoms with van der Waals surface area (Å²) in [6.45, 7) is 1.93. The second-order valence-corrected chi connectivity index (χ2v) is 6.56. The molecule has 0 spiro atoms. The van der Waals surface area contributed by atoms with Gasteiger partial charge in [0, 0.05) is 16.1 Å². The molecule has 1 aromatic heterocycles. The van der Waals surface area contributed by atoms with Crippen LogP contribution in [-0.2, 0) is 6.18 Å². The minimum Gasteiger partial charge on any atom is -1.00 e. The number of nitrogens with zero attached hydrogens (tertiary/aromatic N) is 1. The summed E-state index contributed by atoms with van der Waals surface area (Å²) in [5.41, 5.74) is 1.37. The molecule has 0 amide bonds. The van der Waals surface area contributed by atoms with Crippen molar-refractivity contribution in [1.29, 1.82) is 0 Å². The molecule has 3 nitrogen and oxygen atoms in total. The summed E-state index contributed by atoms with van der Waals surface area (Å²) in [6, 6.07) is 12.5. The monoisotopic (exact) mass is 443 g/mol. The van der Waals surface area contributed by atoms with E-state index in [1.165, 1.54) is 17.4 Å². The highest BCUT2D eigenvalue weighted by Crippen LogP contribution is 2.34. The zero-order valence-electron chi connectivity index (χ0n) is 13.9. The van der Waals surface area contributed by atoms with E-state index in [-0.39, 0.29) is 17.0 Å². The Kier molecular flexibility index (Phi) is 6.30. The number of aromatic nitrogens is 1. The third kappa shape index (κ3) is 4.56. The van der Waals surface area contributed by atoms with Gasteiger partial charge in [0.1, 0.15) is 5.75 Å². The number of nitrogens with one attached hydrogen (secondary N) is 1. The van der Waals surface area contributed by atoms with Gasteiger partial charge in [0.15, 0.2) is 5.13 Å². The lowest BCUT2D eigenvalue weighted by molar-refractivity contribution is -0.137. The second kappa shape index (κ2) is 8.09. The van der Waals surface area contributed by atoms with Crippen LogP contribution in [0.1, 0.15) is 10.4 Å². The molecular weight excluding hydrogens is 429 g/mol. The molecule has 0 bridgehead atoms. The lowest BCUT2D eigenvalue weighted by Gasteiger charge is -2.08. The fourth-order valence-electron chi connectivity index (χ4n) is 2.36. The Balaban J connectivity index is 0.00000243. The lowest BCUT2D eigenvalue weighted by atomic mass is 10.1. The summed E-state index contributed by atoms with van der Waals surface area (Å²) >= 11 is 1.39. The minimum atomic E-state index is -4.37. The van der Waals surface area contributed by atoms with E-state index < -0.39 is 11.7 Å². The lowest BCUT2D eigenvalue weighted by Crippen LogP contribution is -3.00. The number of alkyl halides is 3. The highest BCUT2D eigenvalue weighted by Gasteiger charge is 2.30. The largest absolute Gasteiger partial charge is 1.00 e. The predicted molar refractivity (Wildman–Crippen MR) is 93.6 cm³/mol. The molecule has 2 aromatic carbocycles. The van der Waals surface area contributed by atoms with Crippen molar-refractivity contribution in [3.05, 3.63) is 59.0 Å². The van der Waals surface area contributed by atoms with Crippen molar-refractivity contribution in [1.82, 2.24) is 4.98 Å². The van der Waals surface area contributed by atoms with Gasteiger partial charge >= 0.3 is 6.18 Å².